The number of nitrogens with zero attached hydrogens (tertiary/aromatic N) is 4. The normalized spacial score (nSPS) is 15.5. The van der Waals surface area contributed by atoms with E-state index < -0.39 is 0 Å². The van der Waals surface area contributed by atoms with E-state index in [9.17, 15) is 0 Å². The number of morpholine rings is 1. The van der Waals surface area contributed by atoms with Crippen molar-refractivity contribution in [1.29, 1.82) is 0 Å². The van der Waals surface area contributed by atoms with Gasteiger partial charge in [0.2, 0.25) is 5.95 Å². The van der Waals surface area contributed by atoms with Crippen LogP contribution in [0.5, 0.6) is 0 Å². The second kappa shape index (κ2) is 5.19. The predicted molar refractivity (Wildman–Crippen MR) is 72.7 cm³/mol. The number of anilines is 2. The van der Waals surface area contributed by atoms with Crippen molar-refractivity contribution in [2.75, 3.05) is 36.9 Å². The maximum Gasteiger partial charge on any atom is 0.223 e. The largest absolute Gasteiger partial charge is 0.378 e. The van der Waals surface area contributed by atoms with Gasteiger partial charge in [-0.2, -0.15) is 4.98 Å². The maximum absolute atomic E-state index is 5.56. The zero-order valence-corrected chi connectivity index (χ0v) is 10.5. The molecule has 0 atom stereocenters. The minimum absolute atomic E-state index is 0.238. The summed E-state index contributed by atoms with van der Waals surface area (Å²) < 4.78 is 5.34. The van der Waals surface area contributed by atoms with Crippen LogP contribution in [0.4, 0.5) is 11.6 Å². The van der Waals surface area contributed by atoms with Crippen LogP contribution < -0.4 is 10.6 Å². The first-order chi connectivity index (χ1) is 9.33. The van der Waals surface area contributed by atoms with E-state index in [2.05, 4.69) is 32.0 Å². The first kappa shape index (κ1) is 11.9. The lowest BCUT2D eigenvalue weighted by Crippen LogP contribution is -2.36. The van der Waals surface area contributed by atoms with Crippen LogP contribution in [-0.2, 0) is 4.74 Å². The van der Waals surface area contributed by atoms with Gasteiger partial charge in [-0.3, -0.25) is 0 Å². The fourth-order valence-electron chi connectivity index (χ4n) is 2.09. The lowest BCUT2D eigenvalue weighted by Gasteiger charge is -2.28. The van der Waals surface area contributed by atoms with Crippen molar-refractivity contribution < 1.29 is 4.74 Å². The summed E-state index contributed by atoms with van der Waals surface area (Å²) in [6.45, 7) is 3.42. The average Bonchev–Trinajstić information content (AvgIpc) is 2.48. The highest BCUT2D eigenvalue weighted by molar-refractivity contribution is 5.60. The summed E-state index contributed by atoms with van der Waals surface area (Å²) in [5.74, 6) is 0.836. The van der Waals surface area contributed by atoms with Crippen molar-refractivity contribution in [1.82, 2.24) is 15.0 Å². The molecule has 0 radical (unpaired) electrons. The van der Waals surface area contributed by atoms with E-state index in [0.717, 1.165) is 31.9 Å². The predicted octanol–water partition coefficient (Wildman–Crippen LogP) is 0.957. The van der Waals surface area contributed by atoms with Crippen LogP contribution in [-0.4, -0.2) is 41.3 Å². The van der Waals surface area contributed by atoms with E-state index in [1.807, 2.05) is 12.1 Å². The molecule has 1 aliphatic rings. The Bertz CT molecular complexity index is 551. The van der Waals surface area contributed by atoms with E-state index in [0.29, 0.717) is 5.82 Å². The summed E-state index contributed by atoms with van der Waals surface area (Å²) >= 11 is 0. The monoisotopic (exact) mass is 257 g/mol. The zero-order valence-electron chi connectivity index (χ0n) is 10.5. The van der Waals surface area contributed by atoms with Crippen molar-refractivity contribution >= 4 is 11.6 Å². The third-order valence-corrected chi connectivity index (χ3v) is 3.09. The van der Waals surface area contributed by atoms with Crippen LogP contribution in [0.2, 0.25) is 0 Å². The van der Waals surface area contributed by atoms with E-state index in [-0.39, 0.29) is 5.95 Å². The van der Waals surface area contributed by atoms with Crippen molar-refractivity contribution in [3.63, 3.8) is 0 Å². The van der Waals surface area contributed by atoms with Gasteiger partial charge in [-0.1, -0.05) is 0 Å². The van der Waals surface area contributed by atoms with Gasteiger partial charge >= 0.3 is 0 Å². The molecular weight excluding hydrogens is 242 g/mol. The molecule has 6 nitrogen and oxygen atoms in total. The number of nitrogens with two attached hydrogens (primary N) is 1. The SMILES string of the molecule is Nc1ncnc(-c2ccc(N3CCOCC3)cc2)n1. The molecule has 1 saturated heterocycles. The highest BCUT2D eigenvalue weighted by atomic mass is 16.5. The van der Waals surface area contributed by atoms with Gasteiger partial charge in [0, 0.05) is 24.3 Å². The summed E-state index contributed by atoms with van der Waals surface area (Å²) in [6, 6.07) is 8.14. The zero-order chi connectivity index (χ0) is 13.1. The van der Waals surface area contributed by atoms with E-state index in [4.69, 9.17) is 10.5 Å². The van der Waals surface area contributed by atoms with E-state index in [1.165, 1.54) is 12.0 Å². The van der Waals surface area contributed by atoms with Gasteiger partial charge < -0.3 is 15.4 Å². The Kier molecular flexibility index (Phi) is 3.24. The van der Waals surface area contributed by atoms with Crippen LogP contribution in [0, 0.1) is 0 Å². The summed E-state index contributed by atoms with van der Waals surface area (Å²) in [7, 11) is 0. The minimum atomic E-state index is 0.238. The molecular formula is C13H15N5O. The number of rotatable bonds is 2. The van der Waals surface area contributed by atoms with Gasteiger partial charge in [0.1, 0.15) is 6.33 Å². The Balaban J connectivity index is 1.82. The number of aromatic nitrogens is 3. The average molecular weight is 257 g/mol. The topological polar surface area (TPSA) is 77.2 Å². The van der Waals surface area contributed by atoms with Crippen LogP contribution in [0.1, 0.15) is 0 Å². The highest BCUT2D eigenvalue weighted by Gasteiger charge is 2.11. The molecule has 6 heteroatoms. The Hall–Kier alpha value is -2.21. The molecule has 0 saturated carbocycles. The molecule has 98 valence electrons. The number of benzene rings is 1. The van der Waals surface area contributed by atoms with Gasteiger partial charge in [0.25, 0.3) is 0 Å². The third kappa shape index (κ3) is 2.63. The second-order valence-corrected chi connectivity index (χ2v) is 4.31. The summed E-state index contributed by atoms with van der Waals surface area (Å²) in [5.41, 5.74) is 7.68. The lowest BCUT2D eigenvalue weighted by molar-refractivity contribution is 0.122. The molecule has 0 spiro atoms. The van der Waals surface area contributed by atoms with Gasteiger partial charge in [0.15, 0.2) is 5.82 Å². The van der Waals surface area contributed by atoms with E-state index >= 15 is 0 Å². The number of hydrogen-bond acceptors (Lipinski definition) is 6. The maximum atomic E-state index is 5.56. The quantitative estimate of drug-likeness (QED) is 0.863. The van der Waals surface area contributed by atoms with Gasteiger partial charge in [-0.15, -0.1) is 0 Å². The molecule has 2 heterocycles. The van der Waals surface area contributed by atoms with Crippen molar-refractivity contribution in [2.45, 2.75) is 0 Å². The molecule has 0 bridgehead atoms. The Morgan fingerprint density at radius 3 is 2.47 bits per heavy atom. The molecule has 0 amide bonds. The minimum Gasteiger partial charge on any atom is -0.378 e. The first-order valence-electron chi connectivity index (χ1n) is 6.20. The fraction of sp³-hybridized carbons (Fsp3) is 0.308. The van der Waals surface area contributed by atoms with E-state index in [1.54, 1.807) is 0 Å². The van der Waals surface area contributed by atoms with Crippen molar-refractivity contribution in [3.8, 4) is 11.4 Å². The van der Waals surface area contributed by atoms with Crippen LogP contribution in [0.25, 0.3) is 11.4 Å². The molecule has 0 unspecified atom stereocenters. The highest BCUT2D eigenvalue weighted by Crippen LogP contribution is 2.21. The number of hydrogen-bond donors (Lipinski definition) is 1. The standard InChI is InChI=1S/C13H15N5O/c14-13-16-9-15-12(17-13)10-1-3-11(4-2-10)18-5-7-19-8-6-18/h1-4,9H,5-8H2,(H2,14,15,16,17). The lowest BCUT2D eigenvalue weighted by atomic mass is 10.2. The Morgan fingerprint density at radius 1 is 1.05 bits per heavy atom. The molecule has 1 aromatic carbocycles. The van der Waals surface area contributed by atoms with Crippen molar-refractivity contribution in [3.05, 3.63) is 30.6 Å². The second-order valence-electron chi connectivity index (χ2n) is 4.31. The smallest absolute Gasteiger partial charge is 0.223 e. The van der Waals surface area contributed by atoms with Crippen LogP contribution in [0.3, 0.4) is 0 Å². The summed E-state index contributed by atoms with van der Waals surface area (Å²) in [5, 5.41) is 0. The van der Waals surface area contributed by atoms with Crippen LogP contribution in [0.15, 0.2) is 30.6 Å². The van der Waals surface area contributed by atoms with Crippen molar-refractivity contribution in [2.24, 2.45) is 0 Å². The summed E-state index contributed by atoms with van der Waals surface area (Å²) in [6.07, 6.45) is 1.42. The van der Waals surface area contributed by atoms with Crippen LogP contribution >= 0.6 is 0 Å². The molecule has 1 aromatic heterocycles. The van der Waals surface area contributed by atoms with Gasteiger partial charge in [-0.05, 0) is 24.3 Å². The molecule has 3 rings (SSSR count). The van der Waals surface area contributed by atoms with Gasteiger partial charge in [-0.25, -0.2) is 9.97 Å². The molecule has 19 heavy (non-hydrogen) atoms. The Morgan fingerprint density at radius 2 is 1.79 bits per heavy atom. The fourth-order valence-corrected chi connectivity index (χ4v) is 2.09. The molecule has 0 aliphatic carbocycles. The number of nitrogen functional groups attached to an aromatic ring is 1. The summed E-state index contributed by atoms with van der Waals surface area (Å²) in [4.78, 5) is 14.3. The molecule has 2 aromatic rings. The molecule has 1 fully saturated rings. The first-order valence-corrected chi connectivity index (χ1v) is 6.20. The number of ether oxygens (including phenoxy) is 1. The molecule has 2 N–H and O–H groups in total. The Labute approximate surface area is 111 Å². The molecule has 1 aliphatic heterocycles. The third-order valence-electron chi connectivity index (χ3n) is 3.09. The van der Waals surface area contributed by atoms with Gasteiger partial charge in [0.05, 0.1) is 13.2 Å².